The molecule has 2 unspecified atom stereocenters. The van der Waals surface area contributed by atoms with Crippen molar-refractivity contribution in [1.82, 2.24) is 19.9 Å². The van der Waals surface area contributed by atoms with Gasteiger partial charge in [-0.1, -0.05) is 18.4 Å². The molecule has 4 heterocycles. The van der Waals surface area contributed by atoms with Crippen LogP contribution in [0.2, 0.25) is 0 Å². The maximum Gasteiger partial charge on any atom is 0.319 e. The van der Waals surface area contributed by atoms with E-state index in [0.717, 1.165) is 51.5 Å². The summed E-state index contributed by atoms with van der Waals surface area (Å²) in [5.74, 6) is 1.11. The number of nitriles is 1. The van der Waals surface area contributed by atoms with E-state index in [-0.39, 0.29) is 56.4 Å². The fourth-order valence-electron chi connectivity index (χ4n) is 8.24. The van der Waals surface area contributed by atoms with Crippen LogP contribution in [0.5, 0.6) is 11.8 Å². The van der Waals surface area contributed by atoms with Crippen LogP contribution in [0.1, 0.15) is 57.4 Å². The lowest BCUT2D eigenvalue weighted by molar-refractivity contribution is -0.0526. The van der Waals surface area contributed by atoms with Crippen LogP contribution in [0.25, 0.3) is 32.9 Å². The van der Waals surface area contributed by atoms with Gasteiger partial charge in [0.25, 0.3) is 0 Å². The van der Waals surface area contributed by atoms with Crippen LogP contribution in [0.4, 0.5) is 14.6 Å². The van der Waals surface area contributed by atoms with Crippen molar-refractivity contribution in [1.29, 1.82) is 5.26 Å². The van der Waals surface area contributed by atoms with Crippen molar-refractivity contribution in [3.63, 3.8) is 0 Å². The molecule has 0 amide bonds. The lowest BCUT2D eigenvalue weighted by Crippen LogP contribution is -2.59. The Morgan fingerprint density at radius 3 is 2.76 bits per heavy atom. The summed E-state index contributed by atoms with van der Waals surface area (Å²) in [5.41, 5.74) is -0.123. The highest BCUT2D eigenvalue weighted by atomic mass is 19.1. The first-order valence-electron chi connectivity index (χ1n) is 15.9. The van der Waals surface area contributed by atoms with Gasteiger partial charge in [0, 0.05) is 41.2 Å². The molecular formula is C36H36F2N6O2. The summed E-state index contributed by atoms with van der Waals surface area (Å²) in [6.45, 7) is 4.85. The average molecular weight is 623 g/mol. The predicted molar refractivity (Wildman–Crippen MR) is 172 cm³/mol. The van der Waals surface area contributed by atoms with Crippen LogP contribution >= 0.6 is 0 Å². The largest absolute Gasteiger partial charge is 0.508 e. The van der Waals surface area contributed by atoms with Gasteiger partial charge in [-0.2, -0.15) is 15.2 Å². The lowest BCUT2D eigenvalue weighted by atomic mass is 9.67. The summed E-state index contributed by atoms with van der Waals surface area (Å²) < 4.78 is 38.1. The number of rotatable bonds is 5. The number of anilines is 1. The molecule has 2 aliphatic heterocycles. The second-order valence-electron chi connectivity index (χ2n) is 13.3. The van der Waals surface area contributed by atoms with Gasteiger partial charge in [0.2, 0.25) is 0 Å². The third kappa shape index (κ3) is 4.70. The number of benzene rings is 2. The summed E-state index contributed by atoms with van der Waals surface area (Å²) in [6, 6.07) is 7.92. The number of nitrogens with zero attached hydrogens (tertiary/aromatic N) is 6. The van der Waals surface area contributed by atoms with Gasteiger partial charge in [0.15, 0.2) is 5.82 Å². The Bertz CT molecular complexity index is 1950. The number of hydrogen-bond acceptors (Lipinski definition) is 8. The van der Waals surface area contributed by atoms with E-state index in [1.807, 2.05) is 4.90 Å². The van der Waals surface area contributed by atoms with Crippen LogP contribution in [0.15, 0.2) is 30.5 Å². The van der Waals surface area contributed by atoms with E-state index in [0.29, 0.717) is 36.3 Å². The number of piperidine rings is 2. The minimum Gasteiger partial charge on any atom is -0.508 e. The van der Waals surface area contributed by atoms with Crippen molar-refractivity contribution in [3.8, 4) is 41.4 Å². The molecule has 1 saturated carbocycles. The third-order valence-electron chi connectivity index (χ3n) is 10.9. The molecule has 10 heteroatoms. The van der Waals surface area contributed by atoms with Crippen molar-refractivity contribution >= 4 is 27.5 Å². The molecule has 236 valence electrons. The molecule has 1 N–H and O–H groups in total. The SMILES string of the molecule is C#Cc1c(F)ccc2cc(O)cc(-c3ncc4c(N5CCCC(C#N)C5)nc(OCC56CCCN(C)[C@]5(C)CCC6)nc4c3F)c12. The number of phenolic OH excluding ortho intramolecular Hbond substituents is 1. The molecule has 7 rings (SSSR count). The van der Waals surface area contributed by atoms with Crippen molar-refractivity contribution in [3.05, 3.63) is 47.7 Å². The second-order valence-corrected chi connectivity index (χ2v) is 13.3. The van der Waals surface area contributed by atoms with Gasteiger partial charge in [-0.05, 0) is 82.6 Å². The smallest absolute Gasteiger partial charge is 0.319 e. The highest BCUT2D eigenvalue weighted by molar-refractivity contribution is 6.03. The number of terminal acetylenes is 1. The zero-order valence-electron chi connectivity index (χ0n) is 26.1. The normalized spacial score (nSPS) is 24.9. The van der Waals surface area contributed by atoms with Crippen LogP contribution in [0, 0.1) is 46.6 Å². The molecule has 3 aliphatic rings. The molecule has 3 fully saturated rings. The molecule has 0 bridgehead atoms. The second kappa shape index (κ2) is 11.4. The number of fused-ring (bicyclic) bond motifs is 3. The number of ether oxygens (including phenoxy) is 1. The van der Waals surface area contributed by atoms with E-state index in [2.05, 4.69) is 40.8 Å². The summed E-state index contributed by atoms with van der Waals surface area (Å²) >= 11 is 0. The highest BCUT2D eigenvalue weighted by Gasteiger charge is 2.56. The molecule has 2 saturated heterocycles. The number of pyridine rings is 1. The Balaban J connectivity index is 1.38. The summed E-state index contributed by atoms with van der Waals surface area (Å²) in [4.78, 5) is 18.4. The van der Waals surface area contributed by atoms with Crippen molar-refractivity contribution in [2.75, 3.05) is 38.2 Å². The van der Waals surface area contributed by atoms with E-state index in [9.17, 15) is 14.8 Å². The molecule has 0 spiro atoms. The first-order valence-corrected chi connectivity index (χ1v) is 15.9. The molecule has 1 aliphatic carbocycles. The summed E-state index contributed by atoms with van der Waals surface area (Å²) in [6.07, 6.45) is 14.1. The topological polar surface area (TPSA) is 98.4 Å². The quantitative estimate of drug-likeness (QED) is 0.249. The molecule has 3 atom stereocenters. The maximum atomic E-state index is 16.8. The Kier molecular flexibility index (Phi) is 7.44. The third-order valence-corrected chi connectivity index (χ3v) is 10.9. The van der Waals surface area contributed by atoms with Crippen LogP contribution in [0.3, 0.4) is 0 Å². The molecule has 0 radical (unpaired) electrons. The lowest BCUT2D eigenvalue weighted by Gasteiger charge is -2.53. The monoisotopic (exact) mass is 622 g/mol. The number of halogens is 2. The number of aromatic hydroxyl groups is 1. The zero-order valence-corrected chi connectivity index (χ0v) is 26.1. The van der Waals surface area contributed by atoms with Crippen LogP contribution < -0.4 is 9.64 Å². The zero-order chi connectivity index (χ0) is 32.2. The average Bonchev–Trinajstić information content (AvgIpc) is 3.42. The summed E-state index contributed by atoms with van der Waals surface area (Å²) in [5, 5.41) is 21.3. The van der Waals surface area contributed by atoms with Crippen molar-refractivity contribution in [2.24, 2.45) is 11.3 Å². The molecule has 2 aromatic heterocycles. The van der Waals surface area contributed by atoms with Gasteiger partial charge in [-0.3, -0.25) is 4.98 Å². The molecule has 2 aromatic carbocycles. The van der Waals surface area contributed by atoms with E-state index in [1.54, 1.807) is 0 Å². The van der Waals surface area contributed by atoms with Gasteiger partial charge in [-0.15, -0.1) is 6.42 Å². The highest BCUT2D eigenvalue weighted by Crippen LogP contribution is 2.55. The van der Waals surface area contributed by atoms with E-state index in [1.165, 1.54) is 30.5 Å². The van der Waals surface area contributed by atoms with Gasteiger partial charge >= 0.3 is 6.01 Å². The molecule has 46 heavy (non-hydrogen) atoms. The number of phenols is 1. The van der Waals surface area contributed by atoms with Crippen LogP contribution in [-0.2, 0) is 0 Å². The number of hydrogen-bond donors (Lipinski definition) is 1. The maximum absolute atomic E-state index is 16.8. The fraction of sp³-hybridized carbons (Fsp3) is 0.444. The van der Waals surface area contributed by atoms with Gasteiger partial charge < -0.3 is 19.6 Å². The molecule has 4 aromatic rings. The van der Waals surface area contributed by atoms with Crippen molar-refractivity contribution < 1.29 is 18.6 Å². The predicted octanol–water partition coefficient (Wildman–Crippen LogP) is 6.58. The van der Waals surface area contributed by atoms with Gasteiger partial charge in [0.05, 0.1) is 29.5 Å². The van der Waals surface area contributed by atoms with Gasteiger partial charge in [0.1, 0.15) is 28.6 Å². The van der Waals surface area contributed by atoms with Gasteiger partial charge in [-0.25, -0.2) is 8.78 Å². The minimum atomic E-state index is -0.764. The Hall–Kier alpha value is -4.54. The van der Waals surface area contributed by atoms with E-state index >= 15 is 4.39 Å². The standard InChI is InChI=1S/C36H36F2N6O2/c1-4-25-28(37)10-9-23-16-24(45)17-26(29(23)25)31-30(38)32-27(19-40-31)33(44-15-5-8-22(18-39)20-44)42-34(41-32)46-21-36-12-6-11-35(36,2)43(3)14-7-13-36/h1,9-10,16-17,19,22,45H,5-8,11-15,20-21H2,2-3H3/t22?,35-,36?/m1/s1. The van der Waals surface area contributed by atoms with Crippen molar-refractivity contribution in [2.45, 2.75) is 57.4 Å². The summed E-state index contributed by atoms with van der Waals surface area (Å²) in [7, 11) is 2.18. The van der Waals surface area contributed by atoms with Crippen LogP contribution in [-0.4, -0.2) is 63.8 Å². The first-order chi connectivity index (χ1) is 22.2. The fourth-order valence-corrected chi connectivity index (χ4v) is 8.24. The molecular weight excluding hydrogens is 586 g/mol. The Morgan fingerprint density at radius 1 is 1.13 bits per heavy atom. The minimum absolute atomic E-state index is 0.00770. The van der Waals surface area contributed by atoms with E-state index in [4.69, 9.17) is 16.1 Å². The Labute approximate surface area is 267 Å². The number of aromatic nitrogens is 3. The number of likely N-dealkylation sites (tertiary alicyclic amines) is 1. The Morgan fingerprint density at radius 2 is 1.96 bits per heavy atom. The van der Waals surface area contributed by atoms with E-state index < -0.39 is 11.6 Å². The first kappa shape index (κ1) is 30.1. The molecule has 8 nitrogen and oxygen atoms in total.